The molecule has 0 bridgehead atoms. The van der Waals surface area contributed by atoms with Crippen LogP contribution in [0.5, 0.6) is 11.5 Å². The Balaban J connectivity index is 2.13. The van der Waals surface area contributed by atoms with Gasteiger partial charge in [0.15, 0.2) is 0 Å². The summed E-state index contributed by atoms with van der Waals surface area (Å²) in [6, 6.07) is 13.3. The van der Waals surface area contributed by atoms with E-state index < -0.39 is 0 Å². The van der Waals surface area contributed by atoms with E-state index in [4.69, 9.17) is 4.74 Å². The van der Waals surface area contributed by atoms with Crippen molar-refractivity contribution in [3.05, 3.63) is 53.6 Å². The second-order valence-corrected chi connectivity index (χ2v) is 4.16. The summed E-state index contributed by atoms with van der Waals surface area (Å²) in [6.45, 7) is 2.61. The first-order chi connectivity index (χ1) is 8.70. The van der Waals surface area contributed by atoms with E-state index in [1.165, 1.54) is 5.56 Å². The van der Waals surface area contributed by atoms with Crippen molar-refractivity contribution < 1.29 is 9.84 Å². The fraction of sp³-hybridized carbons (Fsp3) is 0.200. The molecule has 0 aliphatic heterocycles. The van der Waals surface area contributed by atoms with Crippen molar-refractivity contribution in [2.75, 3.05) is 12.4 Å². The van der Waals surface area contributed by atoms with Crippen LogP contribution in [0.4, 0.5) is 5.69 Å². The molecular weight excluding hydrogens is 226 g/mol. The summed E-state index contributed by atoms with van der Waals surface area (Å²) < 4.78 is 5.15. The molecule has 0 aromatic heterocycles. The maximum atomic E-state index is 9.78. The lowest BCUT2D eigenvalue weighted by Crippen LogP contribution is -2.01. The molecule has 0 aliphatic carbocycles. The maximum Gasteiger partial charge on any atom is 0.120 e. The predicted molar refractivity (Wildman–Crippen MR) is 73.2 cm³/mol. The molecule has 0 spiro atoms. The number of aromatic hydroxyl groups is 1. The number of nitrogens with one attached hydrogen (secondary N) is 1. The van der Waals surface area contributed by atoms with Crippen LogP contribution in [0.15, 0.2) is 42.5 Å². The van der Waals surface area contributed by atoms with Gasteiger partial charge in [-0.05, 0) is 36.8 Å². The number of rotatable bonds is 4. The third-order valence-corrected chi connectivity index (χ3v) is 2.90. The smallest absolute Gasteiger partial charge is 0.120 e. The Morgan fingerprint density at radius 3 is 2.67 bits per heavy atom. The molecule has 2 rings (SSSR count). The van der Waals surface area contributed by atoms with Crippen molar-refractivity contribution in [2.24, 2.45) is 0 Å². The zero-order valence-corrected chi connectivity index (χ0v) is 10.6. The number of hydrogen-bond donors (Lipinski definition) is 2. The van der Waals surface area contributed by atoms with Crippen LogP contribution in [-0.2, 0) is 6.54 Å². The third-order valence-electron chi connectivity index (χ3n) is 2.90. The van der Waals surface area contributed by atoms with E-state index in [-0.39, 0.29) is 5.75 Å². The summed E-state index contributed by atoms with van der Waals surface area (Å²) >= 11 is 0. The highest BCUT2D eigenvalue weighted by Gasteiger charge is 2.04. The average molecular weight is 243 g/mol. The van der Waals surface area contributed by atoms with Crippen LogP contribution in [-0.4, -0.2) is 12.2 Å². The minimum Gasteiger partial charge on any atom is -0.508 e. The molecule has 94 valence electrons. The highest BCUT2D eigenvalue weighted by Crippen LogP contribution is 2.24. The first kappa shape index (κ1) is 12.3. The van der Waals surface area contributed by atoms with E-state index in [9.17, 15) is 5.11 Å². The molecule has 3 heteroatoms. The second kappa shape index (κ2) is 5.45. The molecule has 2 aromatic rings. The maximum absolute atomic E-state index is 9.78. The number of benzene rings is 2. The topological polar surface area (TPSA) is 41.5 Å². The minimum atomic E-state index is 0.275. The highest BCUT2D eigenvalue weighted by molar-refractivity contribution is 5.51. The average Bonchev–Trinajstić information content (AvgIpc) is 2.39. The zero-order chi connectivity index (χ0) is 13.0. The number of methoxy groups -OCH3 is 1. The Morgan fingerprint density at radius 2 is 1.94 bits per heavy atom. The first-order valence-electron chi connectivity index (χ1n) is 5.86. The minimum absolute atomic E-state index is 0.275. The van der Waals surface area contributed by atoms with Crippen LogP contribution in [0.3, 0.4) is 0 Å². The lowest BCUT2D eigenvalue weighted by Gasteiger charge is -2.11. The Bertz CT molecular complexity index is 538. The van der Waals surface area contributed by atoms with Gasteiger partial charge in [-0.3, -0.25) is 0 Å². The number of phenols is 1. The molecule has 0 atom stereocenters. The van der Waals surface area contributed by atoms with Crippen LogP contribution in [0.1, 0.15) is 11.1 Å². The molecule has 2 aromatic carbocycles. The Kier molecular flexibility index (Phi) is 3.72. The van der Waals surface area contributed by atoms with Crippen LogP contribution in [0.25, 0.3) is 0 Å². The summed E-state index contributed by atoms with van der Waals surface area (Å²) in [5, 5.41) is 13.1. The lowest BCUT2D eigenvalue weighted by molar-refractivity contribution is 0.411. The van der Waals surface area contributed by atoms with E-state index in [1.54, 1.807) is 19.2 Å². The van der Waals surface area contributed by atoms with E-state index in [0.29, 0.717) is 6.54 Å². The summed E-state index contributed by atoms with van der Waals surface area (Å²) in [5.41, 5.74) is 3.07. The van der Waals surface area contributed by atoms with E-state index in [2.05, 4.69) is 5.32 Å². The Labute approximate surface area is 107 Å². The van der Waals surface area contributed by atoms with Crippen molar-refractivity contribution in [2.45, 2.75) is 13.5 Å². The molecule has 2 N–H and O–H groups in total. The van der Waals surface area contributed by atoms with Crippen molar-refractivity contribution in [3.63, 3.8) is 0 Å². The summed E-state index contributed by atoms with van der Waals surface area (Å²) in [5.74, 6) is 1.02. The number of ether oxygens (including phenoxy) is 1. The molecular formula is C15H17NO2. The van der Waals surface area contributed by atoms with Gasteiger partial charge in [-0.1, -0.05) is 18.2 Å². The Hall–Kier alpha value is -2.16. The van der Waals surface area contributed by atoms with Crippen molar-refractivity contribution >= 4 is 5.69 Å². The van der Waals surface area contributed by atoms with Gasteiger partial charge < -0.3 is 15.2 Å². The first-order valence-corrected chi connectivity index (χ1v) is 5.86. The van der Waals surface area contributed by atoms with E-state index >= 15 is 0 Å². The zero-order valence-electron chi connectivity index (χ0n) is 10.6. The van der Waals surface area contributed by atoms with Crippen molar-refractivity contribution in [1.29, 1.82) is 0 Å². The molecule has 0 saturated heterocycles. The van der Waals surface area contributed by atoms with Gasteiger partial charge in [0, 0.05) is 17.8 Å². The molecule has 3 nitrogen and oxygen atoms in total. The van der Waals surface area contributed by atoms with Crippen LogP contribution in [0, 0.1) is 6.92 Å². The van der Waals surface area contributed by atoms with Gasteiger partial charge in [-0.2, -0.15) is 0 Å². The monoisotopic (exact) mass is 243 g/mol. The van der Waals surface area contributed by atoms with Crippen LogP contribution in [0.2, 0.25) is 0 Å². The van der Waals surface area contributed by atoms with Gasteiger partial charge in [0.25, 0.3) is 0 Å². The quantitative estimate of drug-likeness (QED) is 0.865. The molecule has 0 amide bonds. The second-order valence-electron chi connectivity index (χ2n) is 4.16. The third kappa shape index (κ3) is 2.74. The molecule has 0 radical (unpaired) electrons. The van der Waals surface area contributed by atoms with Crippen molar-refractivity contribution in [3.8, 4) is 11.5 Å². The molecule has 0 aliphatic rings. The van der Waals surface area contributed by atoms with E-state index in [1.807, 2.05) is 37.3 Å². The normalized spacial score (nSPS) is 10.1. The molecule has 0 fully saturated rings. The van der Waals surface area contributed by atoms with Gasteiger partial charge in [0.1, 0.15) is 11.5 Å². The Morgan fingerprint density at radius 1 is 1.17 bits per heavy atom. The molecule has 0 unspecified atom stereocenters. The number of para-hydroxylation sites is 1. The molecule has 18 heavy (non-hydrogen) atoms. The predicted octanol–water partition coefficient (Wildman–Crippen LogP) is 3.32. The number of phenolic OH excluding ortho intramolecular Hbond substituents is 1. The number of aryl methyl sites for hydroxylation is 1. The van der Waals surface area contributed by atoms with Crippen LogP contribution >= 0.6 is 0 Å². The van der Waals surface area contributed by atoms with Gasteiger partial charge >= 0.3 is 0 Å². The molecule has 0 saturated carbocycles. The summed E-state index contributed by atoms with van der Waals surface area (Å²) in [6.07, 6.45) is 0. The lowest BCUT2D eigenvalue weighted by atomic mass is 10.1. The number of anilines is 1. The largest absolute Gasteiger partial charge is 0.508 e. The van der Waals surface area contributed by atoms with Gasteiger partial charge in [0.05, 0.1) is 7.11 Å². The molecule has 0 heterocycles. The summed E-state index contributed by atoms with van der Waals surface area (Å²) in [7, 11) is 1.62. The number of hydrogen-bond acceptors (Lipinski definition) is 3. The standard InChI is InChI=1S/C15H17NO2/c1-11-5-3-4-6-14(11)16-10-12-9-13(18-2)7-8-15(12)17/h3-9,16-17H,10H2,1-2H3. The van der Waals surface area contributed by atoms with Crippen molar-refractivity contribution in [1.82, 2.24) is 0 Å². The van der Waals surface area contributed by atoms with Gasteiger partial charge in [0.2, 0.25) is 0 Å². The SMILES string of the molecule is COc1ccc(O)c(CNc2ccccc2C)c1. The van der Waals surface area contributed by atoms with Gasteiger partial charge in [-0.15, -0.1) is 0 Å². The summed E-state index contributed by atoms with van der Waals surface area (Å²) in [4.78, 5) is 0. The van der Waals surface area contributed by atoms with E-state index in [0.717, 1.165) is 17.0 Å². The van der Waals surface area contributed by atoms with Gasteiger partial charge in [-0.25, -0.2) is 0 Å². The van der Waals surface area contributed by atoms with Crippen LogP contribution < -0.4 is 10.1 Å². The highest BCUT2D eigenvalue weighted by atomic mass is 16.5. The fourth-order valence-corrected chi connectivity index (χ4v) is 1.79. The fourth-order valence-electron chi connectivity index (χ4n) is 1.79.